The van der Waals surface area contributed by atoms with Gasteiger partial charge in [-0.2, -0.15) is 0 Å². The van der Waals surface area contributed by atoms with Crippen molar-refractivity contribution in [3.63, 3.8) is 0 Å². The normalized spacial score (nSPS) is 10.2. The Morgan fingerprint density at radius 2 is 2.17 bits per heavy atom. The summed E-state index contributed by atoms with van der Waals surface area (Å²) >= 11 is 0. The molecule has 0 aliphatic heterocycles. The van der Waals surface area contributed by atoms with E-state index in [0.29, 0.717) is 12.7 Å². The number of aldehydes is 1. The van der Waals surface area contributed by atoms with E-state index in [1.54, 1.807) is 6.92 Å². The summed E-state index contributed by atoms with van der Waals surface area (Å²) in [6, 6.07) is 0. The minimum Gasteiger partial charge on any atom is -0.462 e. The molecule has 0 unspecified atom stereocenters. The first kappa shape index (κ1) is 10.3. The van der Waals surface area contributed by atoms with E-state index in [4.69, 9.17) is 0 Å². The van der Waals surface area contributed by atoms with Gasteiger partial charge in [0.25, 0.3) is 0 Å². The van der Waals surface area contributed by atoms with Crippen molar-refractivity contribution in [2.45, 2.75) is 6.92 Å². The molecule has 0 aliphatic carbocycles. The van der Waals surface area contributed by atoms with E-state index in [1.807, 2.05) is 0 Å². The maximum atomic E-state index is 10.8. The van der Waals surface area contributed by atoms with E-state index in [9.17, 15) is 14.4 Å². The second-order valence-corrected chi connectivity index (χ2v) is 1.72. The van der Waals surface area contributed by atoms with Gasteiger partial charge in [0.2, 0.25) is 6.41 Å². The average Bonchev–Trinajstić information content (AvgIpc) is 2.06. The highest BCUT2D eigenvalue weighted by Crippen LogP contribution is 1.91. The van der Waals surface area contributed by atoms with Gasteiger partial charge in [-0.15, -0.1) is 0 Å². The van der Waals surface area contributed by atoms with Gasteiger partial charge in [-0.25, -0.2) is 4.79 Å². The van der Waals surface area contributed by atoms with Crippen molar-refractivity contribution in [2.24, 2.45) is 0 Å². The summed E-state index contributed by atoms with van der Waals surface area (Å²) in [4.78, 5) is 30.8. The fourth-order valence-electron chi connectivity index (χ4n) is 0.479. The van der Waals surface area contributed by atoms with Crippen LogP contribution in [0, 0.1) is 0 Å². The molecule has 0 aromatic rings. The summed E-state index contributed by atoms with van der Waals surface area (Å²) in [5.41, 5.74) is -0.219. The molecule has 0 bridgehead atoms. The molecule has 0 spiro atoms. The van der Waals surface area contributed by atoms with Gasteiger partial charge >= 0.3 is 5.97 Å². The molecular weight excluding hydrogens is 162 g/mol. The Balaban J connectivity index is 4.22. The van der Waals surface area contributed by atoms with Crippen LogP contribution in [0.15, 0.2) is 11.8 Å². The van der Waals surface area contributed by atoms with Crippen LogP contribution in [0.25, 0.3) is 0 Å². The lowest BCUT2D eigenvalue weighted by Crippen LogP contribution is -2.12. The predicted molar refractivity (Wildman–Crippen MR) is 40.0 cm³/mol. The first-order valence-electron chi connectivity index (χ1n) is 3.28. The SMILES string of the molecule is CCOC(=O)/C(C=O)=C/NC=O. The number of esters is 1. The van der Waals surface area contributed by atoms with Crippen LogP contribution in [0.5, 0.6) is 0 Å². The second kappa shape index (κ2) is 6.09. The lowest BCUT2D eigenvalue weighted by Gasteiger charge is -1.98. The maximum absolute atomic E-state index is 10.8. The third-order valence-electron chi connectivity index (χ3n) is 0.945. The zero-order chi connectivity index (χ0) is 9.40. The summed E-state index contributed by atoms with van der Waals surface area (Å²) in [6.07, 6.45) is 1.65. The summed E-state index contributed by atoms with van der Waals surface area (Å²) in [5.74, 6) is -0.748. The molecule has 66 valence electrons. The Morgan fingerprint density at radius 1 is 1.50 bits per heavy atom. The number of amides is 1. The molecule has 0 rings (SSSR count). The summed E-state index contributed by atoms with van der Waals surface area (Å²) in [7, 11) is 0. The van der Waals surface area contributed by atoms with E-state index >= 15 is 0 Å². The van der Waals surface area contributed by atoms with Crippen molar-refractivity contribution in [3.8, 4) is 0 Å². The number of rotatable bonds is 5. The van der Waals surface area contributed by atoms with E-state index in [2.05, 4.69) is 10.1 Å². The first-order chi connectivity index (χ1) is 5.76. The Hall–Kier alpha value is -1.65. The Kier molecular flexibility index (Phi) is 5.25. The van der Waals surface area contributed by atoms with Crippen molar-refractivity contribution in [3.05, 3.63) is 11.8 Å². The minimum atomic E-state index is -0.748. The third kappa shape index (κ3) is 3.50. The molecule has 5 nitrogen and oxygen atoms in total. The van der Waals surface area contributed by atoms with E-state index in [-0.39, 0.29) is 12.2 Å². The molecule has 5 heteroatoms. The van der Waals surface area contributed by atoms with Crippen LogP contribution in [-0.2, 0) is 19.1 Å². The molecule has 0 radical (unpaired) electrons. The maximum Gasteiger partial charge on any atom is 0.342 e. The number of ether oxygens (including phenoxy) is 1. The number of hydrogen-bond donors (Lipinski definition) is 1. The van der Waals surface area contributed by atoms with Gasteiger partial charge in [-0.3, -0.25) is 9.59 Å². The topological polar surface area (TPSA) is 72.5 Å². The lowest BCUT2D eigenvalue weighted by molar-refractivity contribution is -0.139. The predicted octanol–water partition coefficient (Wildman–Crippen LogP) is -0.622. The molecule has 0 aromatic heterocycles. The van der Waals surface area contributed by atoms with Crippen LogP contribution in [0.1, 0.15) is 6.92 Å². The van der Waals surface area contributed by atoms with Gasteiger partial charge < -0.3 is 10.1 Å². The lowest BCUT2D eigenvalue weighted by atomic mass is 10.3. The van der Waals surface area contributed by atoms with Crippen LogP contribution in [0.2, 0.25) is 0 Å². The molecule has 12 heavy (non-hydrogen) atoms. The number of carbonyl (C=O) groups excluding carboxylic acids is 3. The highest BCUT2D eigenvalue weighted by molar-refractivity contribution is 6.07. The van der Waals surface area contributed by atoms with Gasteiger partial charge in [-0.05, 0) is 6.92 Å². The Morgan fingerprint density at radius 3 is 2.58 bits per heavy atom. The quantitative estimate of drug-likeness (QED) is 0.197. The molecule has 1 N–H and O–H groups in total. The third-order valence-corrected chi connectivity index (χ3v) is 0.945. The standard InChI is InChI=1S/C7H9NO4/c1-2-12-7(11)6(4-9)3-8-5-10/h3-5H,2H2,1H3,(H,8,10)/b6-3+. The zero-order valence-corrected chi connectivity index (χ0v) is 6.57. The summed E-state index contributed by atoms with van der Waals surface area (Å²) in [6.45, 7) is 1.80. The molecule has 0 saturated carbocycles. The molecule has 0 atom stereocenters. The van der Waals surface area contributed by atoms with E-state index in [0.717, 1.165) is 6.20 Å². The van der Waals surface area contributed by atoms with Gasteiger partial charge in [-0.1, -0.05) is 0 Å². The molecule has 1 amide bonds. The smallest absolute Gasteiger partial charge is 0.342 e. The van der Waals surface area contributed by atoms with Crippen LogP contribution in [0.4, 0.5) is 0 Å². The van der Waals surface area contributed by atoms with Crippen molar-refractivity contribution >= 4 is 18.7 Å². The highest BCUT2D eigenvalue weighted by atomic mass is 16.5. The van der Waals surface area contributed by atoms with Gasteiger partial charge in [0.15, 0.2) is 6.29 Å². The van der Waals surface area contributed by atoms with Crippen LogP contribution in [-0.4, -0.2) is 25.3 Å². The van der Waals surface area contributed by atoms with Crippen molar-refractivity contribution in [1.82, 2.24) is 5.32 Å². The fraction of sp³-hybridized carbons (Fsp3) is 0.286. The van der Waals surface area contributed by atoms with Crippen LogP contribution in [0.3, 0.4) is 0 Å². The molecular formula is C7H9NO4. The average molecular weight is 171 g/mol. The van der Waals surface area contributed by atoms with E-state index in [1.165, 1.54) is 0 Å². The van der Waals surface area contributed by atoms with E-state index < -0.39 is 5.97 Å². The molecule has 0 saturated heterocycles. The number of carbonyl (C=O) groups is 3. The van der Waals surface area contributed by atoms with Gasteiger partial charge in [0, 0.05) is 6.20 Å². The molecule has 0 heterocycles. The number of hydrogen-bond acceptors (Lipinski definition) is 4. The molecule has 0 fully saturated rings. The van der Waals surface area contributed by atoms with Crippen molar-refractivity contribution < 1.29 is 19.1 Å². The monoisotopic (exact) mass is 171 g/mol. The van der Waals surface area contributed by atoms with Gasteiger partial charge in [0.05, 0.1) is 6.61 Å². The molecule has 0 aliphatic rings. The summed E-state index contributed by atoms with van der Waals surface area (Å²) in [5, 5.41) is 2.06. The van der Waals surface area contributed by atoms with Crippen LogP contribution >= 0.6 is 0 Å². The molecule has 0 aromatic carbocycles. The zero-order valence-electron chi connectivity index (χ0n) is 6.57. The number of nitrogens with one attached hydrogen (secondary N) is 1. The second-order valence-electron chi connectivity index (χ2n) is 1.72. The fourth-order valence-corrected chi connectivity index (χ4v) is 0.479. The largest absolute Gasteiger partial charge is 0.462 e. The highest BCUT2D eigenvalue weighted by Gasteiger charge is 2.07. The first-order valence-corrected chi connectivity index (χ1v) is 3.28. The van der Waals surface area contributed by atoms with Crippen LogP contribution < -0.4 is 5.32 Å². The van der Waals surface area contributed by atoms with Gasteiger partial charge in [0.1, 0.15) is 5.57 Å². The summed E-state index contributed by atoms with van der Waals surface area (Å²) < 4.78 is 4.50. The van der Waals surface area contributed by atoms with Crippen molar-refractivity contribution in [2.75, 3.05) is 6.61 Å². The Bertz CT molecular complexity index is 209. The van der Waals surface area contributed by atoms with Crippen molar-refractivity contribution in [1.29, 1.82) is 0 Å². The minimum absolute atomic E-state index is 0.186. The Labute approximate surface area is 69.4 Å².